The number of nitrogens with zero attached hydrogens (tertiary/aromatic N) is 4. The van der Waals surface area contributed by atoms with Crippen LogP contribution in [0.1, 0.15) is 31.2 Å². The molecule has 2 aromatic carbocycles. The van der Waals surface area contributed by atoms with Gasteiger partial charge in [0.25, 0.3) is 11.8 Å². The van der Waals surface area contributed by atoms with Crippen molar-refractivity contribution >= 4 is 28.6 Å². The van der Waals surface area contributed by atoms with E-state index in [1.807, 2.05) is 34.2 Å². The van der Waals surface area contributed by atoms with Crippen molar-refractivity contribution in [3.8, 4) is 11.1 Å². The maximum absolute atomic E-state index is 13.8. The SMILES string of the molecule is O=C([C@H]1CCCO1)N1CC[C@@H](CN2C(=O)C3(CCOC3)N=C2c2ccc(-c3ccc4cccnc4c3)cc2)C1. The lowest BCUT2D eigenvalue weighted by atomic mass is 9.98. The zero-order chi connectivity index (χ0) is 26.4. The molecule has 7 rings (SSSR count). The number of aromatic nitrogens is 1. The number of likely N-dealkylation sites (tertiary alicyclic amines) is 1. The normalized spacial score (nSPS) is 26.8. The quantitative estimate of drug-likeness (QED) is 0.509. The van der Waals surface area contributed by atoms with E-state index < -0.39 is 5.54 Å². The van der Waals surface area contributed by atoms with E-state index in [2.05, 4.69) is 41.4 Å². The van der Waals surface area contributed by atoms with Crippen LogP contribution in [0.3, 0.4) is 0 Å². The van der Waals surface area contributed by atoms with E-state index in [0.29, 0.717) is 51.7 Å². The van der Waals surface area contributed by atoms with E-state index in [1.165, 1.54) is 0 Å². The number of hydrogen-bond acceptors (Lipinski definition) is 6. The average Bonchev–Trinajstić information content (AvgIpc) is 3.80. The Bertz CT molecular complexity index is 1440. The monoisotopic (exact) mass is 524 g/mol. The van der Waals surface area contributed by atoms with Crippen molar-refractivity contribution in [1.29, 1.82) is 0 Å². The summed E-state index contributed by atoms with van der Waals surface area (Å²) in [5, 5.41) is 1.11. The molecule has 8 nitrogen and oxygen atoms in total. The van der Waals surface area contributed by atoms with Crippen molar-refractivity contribution in [2.24, 2.45) is 10.9 Å². The molecule has 0 saturated carbocycles. The number of hydrogen-bond donors (Lipinski definition) is 0. The first-order valence-corrected chi connectivity index (χ1v) is 14.0. The maximum Gasteiger partial charge on any atom is 0.258 e. The minimum absolute atomic E-state index is 0.0172. The second-order valence-corrected chi connectivity index (χ2v) is 11.1. The Balaban J connectivity index is 1.12. The highest BCUT2D eigenvalue weighted by Crippen LogP contribution is 2.35. The number of amidine groups is 1. The van der Waals surface area contributed by atoms with Crippen LogP contribution in [-0.2, 0) is 19.1 Å². The van der Waals surface area contributed by atoms with Crippen molar-refractivity contribution in [3.05, 3.63) is 66.4 Å². The Kier molecular flexibility index (Phi) is 6.16. The molecule has 2 amide bonds. The fourth-order valence-electron chi connectivity index (χ4n) is 6.33. The van der Waals surface area contributed by atoms with Gasteiger partial charge in [-0.05, 0) is 48.4 Å². The Morgan fingerprint density at radius 3 is 2.67 bits per heavy atom. The smallest absolute Gasteiger partial charge is 0.258 e. The third-order valence-electron chi connectivity index (χ3n) is 8.55. The van der Waals surface area contributed by atoms with Gasteiger partial charge in [-0.1, -0.05) is 42.5 Å². The summed E-state index contributed by atoms with van der Waals surface area (Å²) >= 11 is 0. The van der Waals surface area contributed by atoms with Gasteiger partial charge in [0.15, 0.2) is 5.54 Å². The second kappa shape index (κ2) is 9.84. The van der Waals surface area contributed by atoms with Crippen molar-refractivity contribution in [3.63, 3.8) is 0 Å². The Morgan fingerprint density at radius 1 is 1.03 bits per heavy atom. The molecule has 8 heteroatoms. The van der Waals surface area contributed by atoms with Crippen LogP contribution < -0.4 is 0 Å². The number of ether oxygens (including phenoxy) is 2. The van der Waals surface area contributed by atoms with Gasteiger partial charge in [0.05, 0.1) is 12.1 Å². The summed E-state index contributed by atoms with van der Waals surface area (Å²) in [4.78, 5) is 39.9. The van der Waals surface area contributed by atoms with Crippen LogP contribution in [0, 0.1) is 5.92 Å². The third-order valence-corrected chi connectivity index (χ3v) is 8.55. The van der Waals surface area contributed by atoms with Crippen LogP contribution in [0.4, 0.5) is 0 Å². The molecule has 3 saturated heterocycles. The maximum atomic E-state index is 13.8. The summed E-state index contributed by atoms with van der Waals surface area (Å²) in [6.45, 7) is 3.43. The molecule has 4 aliphatic heterocycles. The van der Waals surface area contributed by atoms with Crippen molar-refractivity contribution in [2.75, 3.05) is 39.5 Å². The van der Waals surface area contributed by atoms with Crippen molar-refractivity contribution in [2.45, 2.75) is 37.3 Å². The van der Waals surface area contributed by atoms with Crippen LogP contribution >= 0.6 is 0 Å². The number of fused-ring (bicyclic) bond motifs is 1. The minimum atomic E-state index is -0.830. The standard InChI is InChI=1S/C31H32N4O4/c36-29(27-4-2-15-39-27)34-14-11-21(18-34)19-35-28(33-31(30(35)37)12-16-38-20-31)24-8-5-22(6-9-24)25-10-7-23-3-1-13-32-26(23)17-25/h1,3,5-10,13,17,21,27H,2,4,11-12,14-16,18-20H2/t21-,27-,31?/m1/s1. The fourth-order valence-corrected chi connectivity index (χ4v) is 6.33. The molecule has 39 heavy (non-hydrogen) atoms. The predicted molar refractivity (Wildman–Crippen MR) is 147 cm³/mol. The van der Waals surface area contributed by atoms with Crippen molar-refractivity contribution in [1.82, 2.24) is 14.8 Å². The van der Waals surface area contributed by atoms with E-state index >= 15 is 0 Å². The fraction of sp³-hybridized carbons (Fsp3) is 0.419. The second-order valence-electron chi connectivity index (χ2n) is 11.1. The van der Waals surface area contributed by atoms with Crippen LogP contribution in [0.15, 0.2) is 65.8 Å². The number of pyridine rings is 1. The molecule has 5 heterocycles. The number of carbonyl (C=O) groups excluding carboxylic acids is 2. The zero-order valence-electron chi connectivity index (χ0n) is 21.9. The number of rotatable bonds is 5. The van der Waals surface area contributed by atoms with Gasteiger partial charge in [0, 0.05) is 56.4 Å². The zero-order valence-corrected chi connectivity index (χ0v) is 21.9. The summed E-state index contributed by atoms with van der Waals surface area (Å²) in [7, 11) is 0. The Hall–Kier alpha value is -3.62. The molecule has 1 unspecified atom stereocenters. The summed E-state index contributed by atoms with van der Waals surface area (Å²) in [6.07, 6.45) is 4.72. The first kappa shape index (κ1) is 24.4. The highest BCUT2D eigenvalue weighted by molar-refractivity contribution is 6.15. The van der Waals surface area contributed by atoms with Crippen LogP contribution in [0.5, 0.6) is 0 Å². The number of benzene rings is 2. The molecule has 1 spiro atoms. The molecule has 0 N–H and O–H groups in total. The Labute approximate surface area is 227 Å². The first-order chi connectivity index (χ1) is 19.1. The molecular weight excluding hydrogens is 492 g/mol. The molecule has 1 aromatic heterocycles. The van der Waals surface area contributed by atoms with Crippen LogP contribution in [0.2, 0.25) is 0 Å². The van der Waals surface area contributed by atoms with E-state index in [4.69, 9.17) is 14.5 Å². The largest absolute Gasteiger partial charge is 0.378 e. The van der Waals surface area contributed by atoms with Gasteiger partial charge in [-0.25, -0.2) is 4.99 Å². The molecule has 3 fully saturated rings. The molecule has 0 aliphatic carbocycles. The summed E-state index contributed by atoms with van der Waals surface area (Å²) in [6, 6.07) is 18.6. The number of amides is 2. The highest BCUT2D eigenvalue weighted by atomic mass is 16.5. The van der Waals surface area contributed by atoms with E-state index in [9.17, 15) is 9.59 Å². The van der Waals surface area contributed by atoms with Gasteiger partial charge in [-0.3, -0.25) is 19.5 Å². The van der Waals surface area contributed by atoms with Gasteiger partial charge in [-0.15, -0.1) is 0 Å². The Morgan fingerprint density at radius 2 is 1.87 bits per heavy atom. The van der Waals surface area contributed by atoms with E-state index in [0.717, 1.165) is 46.9 Å². The average molecular weight is 525 g/mol. The molecule has 3 atom stereocenters. The molecule has 4 aliphatic rings. The highest BCUT2D eigenvalue weighted by Gasteiger charge is 2.51. The first-order valence-electron chi connectivity index (χ1n) is 14.0. The minimum Gasteiger partial charge on any atom is -0.378 e. The summed E-state index contributed by atoms with van der Waals surface area (Å²) in [5.41, 5.74) is 3.23. The summed E-state index contributed by atoms with van der Waals surface area (Å²) in [5.74, 6) is 1.02. The molecular formula is C31H32N4O4. The third kappa shape index (κ3) is 4.41. The van der Waals surface area contributed by atoms with Gasteiger partial charge < -0.3 is 14.4 Å². The van der Waals surface area contributed by atoms with Gasteiger partial charge in [0.2, 0.25) is 0 Å². The molecule has 0 radical (unpaired) electrons. The summed E-state index contributed by atoms with van der Waals surface area (Å²) < 4.78 is 11.3. The lowest BCUT2D eigenvalue weighted by Gasteiger charge is -2.25. The van der Waals surface area contributed by atoms with Gasteiger partial charge in [-0.2, -0.15) is 0 Å². The predicted octanol–water partition coefficient (Wildman–Crippen LogP) is 3.68. The number of carbonyl (C=O) groups is 2. The topological polar surface area (TPSA) is 84.3 Å². The van der Waals surface area contributed by atoms with Crippen LogP contribution in [-0.4, -0.2) is 83.5 Å². The van der Waals surface area contributed by atoms with Gasteiger partial charge >= 0.3 is 0 Å². The molecule has 200 valence electrons. The molecule has 3 aromatic rings. The number of aliphatic imine (C=N–C) groups is 1. The van der Waals surface area contributed by atoms with Crippen molar-refractivity contribution < 1.29 is 19.1 Å². The van der Waals surface area contributed by atoms with Gasteiger partial charge in [0.1, 0.15) is 11.9 Å². The lowest BCUT2D eigenvalue weighted by Crippen LogP contribution is -2.45. The van der Waals surface area contributed by atoms with E-state index in [-0.39, 0.29) is 23.8 Å². The van der Waals surface area contributed by atoms with E-state index in [1.54, 1.807) is 0 Å². The van der Waals surface area contributed by atoms with Crippen LogP contribution in [0.25, 0.3) is 22.0 Å². The lowest BCUT2D eigenvalue weighted by molar-refractivity contribution is -0.139. The molecule has 0 bridgehead atoms.